The topological polar surface area (TPSA) is 81.7 Å². The first-order chi connectivity index (χ1) is 7.00. The zero-order chi connectivity index (χ0) is 11.4. The van der Waals surface area contributed by atoms with E-state index in [1.807, 2.05) is 13.8 Å². The molecule has 1 heterocycles. The highest BCUT2D eigenvalue weighted by atomic mass is 16.4. The van der Waals surface area contributed by atoms with E-state index < -0.39 is 6.09 Å². The molecule has 3 N–H and O–H groups in total. The average molecular weight is 215 g/mol. The number of amides is 2. The summed E-state index contributed by atoms with van der Waals surface area (Å²) in [6, 6.07) is -0.217. The lowest BCUT2D eigenvalue weighted by Gasteiger charge is -2.31. The molecule has 0 unspecified atom stereocenters. The predicted octanol–water partition coefficient (Wildman–Crippen LogP) is -0.537. The van der Waals surface area contributed by atoms with Crippen LogP contribution in [0.5, 0.6) is 0 Å². The molecule has 0 aromatic rings. The van der Waals surface area contributed by atoms with Gasteiger partial charge in [0.1, 0.15) is 0 Å². The van der Waals surface area contributed by atoms with Crippen molar-refractivity contribution in [2.45, 2.75) is 25.9 Å². The third-order valence-electron chi connectivity index (χ3n) is 2.33. The van der Waals surface area contributed by atoms with Gasteiger partial charge in [-0.25, -0.2) is 4.79 Å². The first-order valence-electron chi connectivity index (χ1n) is 5.00. The molecule has 0 spiro atoms. The lowest BCUT2D eigenvalue weighted by molar-refractivity contribution is -0.122. The van der Waals surface area contributed by atoms with Gasteiger partial charge in [-0.1, -0.05) is 0 Å². The fraction of sp³-hybridized carbons (Fsp3) is 0.778. The fourth-order valence-electron chi connectivity index (χ4n) is 1.55. The van der Waals surface area contributed by atoms with E-state index in [0.717, 1.165) is 0 Å². The molecule has 0 bridgehead atoms. The Hall–Kier alpha value is -1.30. The second-order valence-corrected chi connectivity index (χ2v) is 3.92. The van der Waals surface area contributed by atoms with E-state index in [-0.39, 0.29) is 18.0 Å². The van der Waals surface area contributed by atoms with Crippen molar-refractivity contribution in [3.8, 4) is 0 Å². The summed E-state index contributed by atoms with van der Waals surface area (Å²) in [4.78, 5) is 23.3. The van der Waals surface area contributed by atoms with Crippen LogP contribution in [0.25, 0.3) is 0 Å². The zero-order valence-corrected chi connectivity index (χ0v) is 8.99. The van der Waals surface area contributed by atoms with E-state index in [2.05, 4.69) is 10.6 Å². The second-order valence-electron chi connectivity index (χ2n) is 3.92. The van der Waals surface area contributed by atoms with Gasteiger partial charge in [0.2, 0.25) is 5.91 Å². The molecule has 0 radical (unpaired) electrons. The summed E-state index contributed by atoms with van der Waals surface area (Å²) in [7, 11) is 0. The fourth-order valence-corrected chi connectivity index (χ4v) is 1.55. The molecule has 2 amide bonds. The van der Waals surface area contributed by atoms with Gasteiger partial charge in [0.25, 0.3) is 0 Å². The van der Waals surface area contributed by atoms with Gasteiger partial charge in [0.15, 0.2) is 0 Å². The number of hydrogen-bond donors (Lipinski definition) is 3. The molecule has 0 aromatic heterocycles. The van der Waals surface area contributed by atoms with Gasteiger partial charge in [0.05, 0.1) is 12.6 Å². The SMILES string of the molecule is CC(C)N(C[C@@H]1CNCC(=O)N1)C(=O)O. The van der Waals surface area contributed by atoms with E-state index in [0.29, 0.717) is 19.6 Å². The summed E-state index contributed by atoms with van der Waals surface area (Å²) < 4.78 is 0. The lowest BCUT2D eigenvalue weighted by atomic mass is 10.2. The van der Waals surface area contributed by atoms with Crippen LogP contribution >= 0.6 is 0 Å². The van der Waals surface area contributed by atoms with Crippen molar-refractivity contribution in [3.63, 3.8) is 0 Å². The van der Waals surface area contributed by atoms with Crippen molar-refractivity contribution >= 4 is 12.0 Å². The van der Waals surface area contributed by atoms with Gasteiger partial charge in [-0.05, 0) is 13.8 Å². The average Bonchev–Trinajstić information content (AvgIpc) is 2.13. The van der Waals surface area contributed by atoms with E-state index >= 15 is 0 Å². The molecule has 1 saturated heterocycles. The minimum Gasteiger partial charge on any atom is -0.465 e. The van der Waals surface area contributed by atoms with Crippen LogP contribution in [0.2, 0.25) is 0 Å². The molecule has 1 rings (SSSR count). The summed E-state index contributed by atoms with van der Waals surface area (Å²) in [5.41, 5.74) is 0. The Morgan fingerprint density at radius 1 is 1.67 bits per heavy atom. The third-order valence-corrected chi connectivity index (χ3v) is 2.33. The normalized spacial score (nSPS) is 21.3. The van der Waals surface area contributed by atoms with Crippen LogP contribution in [0.15, 0.2) is 0 Å². The van der Waals surface area contributed by atoms with E-state index in [1.165, 1.54) is 4.90 Å². The van der Waals surface area contributed by atoms with Crippen LogP contribution in [0.4, 0.5) is 4.79 Å². The summed E-state index contributed by atoms with van der Waals surface area (Å²) in [6.45, 7) is 4.87. The van der Waals surface area contributed by atoms with Crippen LogP contribution in [-0.4, -0.2) is 53.7 Å². The Balaban J connectivity index is 2.50. The van der Waals surface area contributed by atoms with Crippen LogP contribution < -0.4 is 10.6 Å². The number of rotatable bonds is 3. The van der Waals surface area contributed by atoms with Crippen LogP contribution in [0, 0.1) is 0 Å². The standard InChI is InChI=1S/C9H17N3O3/c1-6(2)12(9(14)15)5-7-3-10-4-8(13)11-7/h6-7,10H,3-5H2,1-2H3,(H,11,13)(H,14,15)/t7-/m0/s1. The molecule has 0 aliphatic carbocycles. The summed E-state index contributed by atoms with van der Waals surface area (Å²) in [5, 5.41) is 14.6. The summed E-state index contributed by atoms with van der Waals surface area (Å²) in [5.74, 6) is -0.0830. The molecule has 1 aliphatic rings. The maximum atomic E-state index is 11.1. The zero-order valence-electron chi connectivity index (χ0n) is 8.99. The Morgan fingerprint density at radius 3 is 2.80 bits per heavy atom. The number of carbonyl (C=O) groups excluding carboxylic acids is 1. The van der Waals surface area contributed by atoms with Gasteiger partial charge in [-0.3, -0.25) is 4.79 Å². The van der Waals surface area contributed by atoms with Crippen molar-refractivity contribution in [2.75, 3.05) is 19.6 Å². The van der Waals surface area contributed by atoms with E-state index in [9.17, 15) is 9.59 Å². The molecular weight excluding hydrogens is 198 g/mol. The number of carbonyl (C=O) groups is 2. The minimum atomic E-state index is -0.954. The maximum Gasteiger partial charge on any atom is 0.407 e. The van der Waals surface area contributed by atoms with Gasteiger partial charge in [-0.15, -0.1) is 0 Å². The van der Waals surface area contributed by atoms with Crippen molar-refractivity contribution in [1.82, 2.24) is 15.5 Å². The summed E-state index contributed by atoms with van der Waals surface area (Å²) in [6.07, 6.45) is -0.954. The van der Waals surface area contributed by atoms with Crippen molar-refractivity contribution in [3.05, 3.63) is 0 Å². The molecule has 1 atom stereocenters. The Labute approximate surface area is 88.6 Å². The van der Waals surface area contributed by atoms with Gasteiger partial charge in [-0.2, -0.15) is 0 Å². The van der Waals surface area contributed by atoms with E-state index in [1.54, 1.807) is 0 Å². The highest BCUT2D eigenvalue weighted by Crippen LogP contribution is 2.01. The van der Waals surface area contributed by atoms with Crippen molar-refractivity contribution < 1.29 is 14.7 Å². The predicted molar refractivity (Wildman–Crippen MR) is 54.7 cm³/mol. The van der Waals surface area contributed by atoms with Crippen molar-refractivity contribution in [1.29, 1.82) is 0 Å². The number of nitrogens with one attached hydrogen (secondary N) is 2. The summed E-state index contributed by atoms with van der Waals surface area (Å²) >= 11 is 0. The Kier molecular flexibility index (Phi) is 3.90. The van der Waals surface area contributed by atoms with Crippen LogP contribution in [0.3, 0.4) is 0 Å². The Bertz CT molecular complexity index is 255. The lowest BCUT2D eigenvalue weighted by Crippen LogP contribution is -2.57. The first kappa shape index (κ1) is 11.8. The van der Waals surface area contributed by atoms with Crippen LogP contribution in [0.1, 0.15) is 13.8 Å². The molecule has 0 saturated carbocycles. The Morgan fingerprint density at radius 2 is 2.33 bits per heavy atom. The van der Waals surface area contributed by atoms with E-state index in [4.69, 9.17) is 5.11 Å². The molecular formula is C9H17N3O3. The highest BCUT2D eigenvalue weighted by molar-refractivity contribution is 5.79. The smallest absolute Gasteiger partial charge is 0.407 e. The second kappa shape index (κ2) is 4.97. The highest BCUT2D eigenvalue weighted by Gasteiger charge is 2.24. The number of piperazine rings is 1. The monoisotopic (exact) mass is 215 g/mol. The maximum absolute atomic E-state index is 11.1. The minimum absolute atomic E-state index is 0.0821. The molecule has 15 heavy (non-hydrogen) atoms. The third kappa shape index (κ3) is 3.39. The molecule has 6 heteroatoms. The molecule has 6 nitrogen and oxygen atoms in total. The van der Waals surface area contributed by atoms with Gasteiger partial charge < -0.3 is 20.6 Å². The molecule has 86 valence electrons. The van der Waals surface area contributed by atoms with Crippen molar-refractivity contribution in [2.24, 2.45) is 0 Å². The van der Waals surface area contributed by atoms with Gasteiger partial charge in [0, 0.05) is 19.1 Å². The van der Waals surface area contributed by atoms with Gasteiger partial charge >= 0.3 is 6.09 Å². The van der Waals surface area contributed by atoms with Crippen LogP contribution in [-0.2, 0) is 4.79 Å². The largest absolute Gasteiger partial charge is 0.465 e. The molecule has 1 aliphatic heterocycles. The number of carboxylic acid groups (broad SMARTS) is 1. The number of hydrogen-bond acceptors (Lipinski definition) is 3. The quantitative estimate of drug-likeness (QED) is 0.590. The molecule has 0 aromatic carbocycles. The molecule has 1 fully saturated rings. The number of nitrogens with zero attached hydrogens (tertiary/aromatic N) is 1. The first-order valence-corrected chi connectivity index (χ1v) is 5.00.